The molecule has 2 amide bonds. The van der Waals surface area contributed by atoms with Crippen molar-refractivity contribution in [2.45, 2.75) is 12.5 Å². The predicted molar refractivity (Wildman–Crippen MR) is 115 cm³/mol. The number of H-pyrrole nitrogens is 1. The van der Waals surface area contributed by atoms with Crippen LogP contribution in [0, 0.1) is 0 Å². The number of para-hydroxylation sites is 1. The molecule has 3 heterocycles. The summed E-state index contributed by atoms with van der Waals surface area (Å²) >= 11 is 1.69. The van der Waals surface area contributed by atoms with Crippen molar-refractivity contribution < 1.29 is 9.53 Å². The van der Waals surface area contributed by atoms with Crippen molar-refractivity contribution in [2.24, 2.45) is 0 Å². The highest BCUT2D eigenvalue weighted by molar-refractivity contribution is 7.10. The predicted octanol–water partition coefficient (Wildman–Crippen LogP) is 4.26. The van der Waals surface area contributed by atoms with Crippen LogP contribution in [0.25, 0.3) is 10.9 Å². The number of benzene rings is 1. The summed E-state index contributed by atoms with van der Waals surface area (Å²) in [6.07, 6.45) is 3.70. The lowest BCUT2D eigenvalue weighted by molar-refractivity contribution is 0.240. The van der Waals surface area contributed by atoms with Gasteiger partial charge in [-0.1, -0.05) is 30.3 Å². The maximum Gasteiger partial charge on any atom is 0.315 e. The number of ether oxygens (including phenoxy) is 1. The Balaban J connectivity index is 1.46. The van der Waals surface area contributed by atoms with E-state index in [9.17, 15) is 4.79 Å². The first-order valence-corrected chi connectivity index (χ1v) is 10.2. The van der Waals surface area contributed by atoms with Gasteiger partial charge in [-0.25, -0.2) is 9.78 Å². The van der Waals surface area contributed by atoms with Gasteiger partial charge in [0.1, 0.15) is 0 Å². The molecule has 0 saturated heterocycles. The second-order valence-electron chi connectivity index (χ2n) is 6.59. The lowest BCUT2D eigenvalue weighted by Crippen LogP contribution is -2.37. The molecule has 3 N–H and O–H groups in total. The minimum Gasteiger partial charge on any atom is -0.481 e. The lowest BCUT2D eigenvalue weighted by atomic mass is 9.97. The summed E-state index contributed by atoms with van der Waals surface area (Å²) in [4.78, 5) is 21.1. The zero-order valence-corrected chi connectivity index (χ0v) is 16.8. The molecule has 0 radical (unpaired) electrons. The van der Waals surface area contributed by atoms with Crippen LogP contribution in [0.2, 0.25) is 0 Å². The largest absolute Gasteiger partial charge is 0.481 e. The van der Waals surface area contributed by atoms with Crippen LogP contribution in [0.15, 0.2) is 66.3 Å². The molecule has 148 valence electrons. The molecule has 1 aromatic carbocycles. The molecule has 4 aromatic rings. The third kappa shape index (κ3) is 4.25. The summed E-state index contributed by atoms with van der Waals surface area (Å²) in [5.41, 5.74) is 3.10. The molecule has 0 fully saturated rings. The van der Waals surface area contributed by atoms with Crippen LogP contribution < -0.4 is 15.4 Å². The Morgan fingerprint density at radius 3 is 2.90 bits per heavy atom. The molecular weight excluding hydrogens is 384 g/mol. The van der Waals surface area contributed by atoms with E-state index in [2.05, 4.69) is 44.2 Å². The normalized spacial score (nSPS) is 11.9. The van der Waals surface area contributed by atoms with Gasteiger partial charge < -0.3 is 20.4 Å². The van der Waals surface area contributed by atoms with Gasteiger partial charge in [0.25, 0.3) is 0 Å². The Labute approximate surface area is 172 Å². The topological polar surface area (TPSA) is 79.0 Å². The standard InChI is InChI=1S/C22H22N4O2S/c1-28-21-15(6-4-10-23-21)12-25-22(27)26-14-18(20-9-5-11-29-20)17-13-24-19-8-3-2-7-16(17)19/h2-11,13,18,24H,12,14H2,1H3,(H2,25,26,27)/t18-/m1/s1. The molecule has 4 rings (SSSR count). The quantitative estimate of drug-likeness (QED) is 0.429. The number of aromatic nitrogens is 2. The van der Waals surface area contributed by atoms with Gasteiger partial charge in [0.15, 0.2) is 0 Å². The van der Waals surface area contributed by atoms with Crippen LogP contribution in [0.3, 0.4) is 0 Å². The number of hydrogen-bond donors (Lipinski definition) is 3. The molecule has 0 aliphatic heterocycles. The number of carbonyl (C=O) groups is 1. The van der Waals surface area contributed by atoms with E-state index in [0.717, 1.165) is 11.1 Å². The van der Waals surface area contributed by atoms with Crippen LogP contribution >= 0.6 is 11.3 Å². The van der Waals surface area contributed by atoms with Crippen molar-refractivity contribution in [3.05, 3.63) is 82.3 Å². The molecule has 7 heteroatoms. The number of rotatable bonds is 7. The maximum atomic E-state index is 12.4. The van der Waals surface area contributed by atoms with Gasteiger partial charge in [0, 0.05) is 52.7 Å². The van der Waals surface area contributed by atoms with Gasteiger partial charge in [-0.3, -0.25) is 0 Å². The number of methoxy groups -OCH3 is 1. The zero-order chi connectivity index (χ0) is 20.1. The first-order valence-electron chi connectivity index (χ1n) is 9.35. The van der Waals surface area contributed by atoms with Crippen LogP contribution in [0.4, 0.5) is 4.79 Å². The van der Waals surface area contributed by atoms with E-state index in [4.69, 9.17) is 4.74 Å². The number of hydrogen-bond acceptors (Lipinski definition) is 4. The Bertz CT molecular complexity index is 1090. The number of fused-ring (bicyclic) bond motifs is 1. The number of amides is 2. The summed E-state index contributed by atoms with van der Waals surface area (Å²) < 4.78 is 5.23. The third-order valence-corrected chi connectivity index (χ3v) is 5.82. The van der Waals surface area contributed by atoms with Crippen molar-refractivity contribution in [3.8, 4) is 5.88 Å². The van der Waals surface area contributed by atoms with Crippen LogP contribution in [0.1, 0.15) is 21.9 Å². The fourth-order valence-electron chi connectivity index (χ4n) is 3.41. The van der Waals surface area contributed by atoms with Crippen molar-refractivity contribution in [1.82, 2.24) is 20.6 Å². The number of nitrogens with one attached hydrogen (secondary N) is 3. The molecule has 0 unspecified atom stereocenters. The van der Waals surface area contributed by atoms with E-state index in [1.54, 1.807) is 24.6 Å². The number of carbonyl (C=O) groups excluding carboxylic acids is 1. The summed E-state index contributed by atoms with van der Waals surface area (Å²) in [6.45, 7) is 0.845. The fraction of sp³-hybridized carbons (Fsp3) is 0.182. The molecular formula is C22H22N4O2S. The second kappa shape index (κ2) is 8.79. The molecule has 0 saturated carbocycles. The number of urea groups is 1. The highest BCUT2D eigenvalue weighted by Gasteiger charge is 2.20. The van der Waals surface area contributed by atoms with Gasteiger partial charge in [0.05, 0.1) is 7.11 Å². The van der Waals surface area contributed by atoms with E-state index in [1.807, 2.05) is 36.5 Å². The molecule has 29 heavy (non-hydrogen) atoms. The highest BCUT2D eigenvalue weighted by atomic mass is 32.1. The minimum atomic E-state index is -0.225. The zero-order valence-electron chi connectivity index (χ0n) is 16.0. The van der Waals surface area contributed by atoms with E-state index in [1.165, 1.54) is 15.8 Å². The molecule has 0 aliphatic rings. The molecule has 0 aliphatic carbocycles. The Morgan fingerprint density at radius 1 is 1.17 bits per heavy atom. The second-order valence-corrected chi connectivity index (χ2v) is 7.57. The number of thiophene rings is 1. The summed E-state index contributed by atoms with van der Waals surface area (Å²) in [7, 11) is 1.57. The van der Waals surface area contributed by atoms with E-state index >= 15 is 0 Å². The Hall–Kier alpha value is -3.32. The van der Waals surface area contributed by atoms with Gasteiger partial charge >= 0.3 is 6.03 Å². The summed E-state index contributed by atoms with van der Waals surface area (Å²) in [5.74, 6) is 0.591. The van der Waals surface area contributed by atoms with Crippen molar-refractivity contribution in [1.29, 1.82) is 0 Å². The highest BCUT2D eigenvalue weighted by Crippen LogP contribution is 2.32. The minimum absolute atomic E-state index is 0.0739. The summed E-state index contributed by atoms with van der Waals surface area (Å²) in [6, 6.07) is 15.8. The van der Waals surface area contributed by atoms with Crippen molar-refractivity contribution in [2.75, 3.05) is 13.7 Å². The van der Waals surface area contributed by atoms with Crippen molar-refractivity contribution >= 4 is 28.3 Å². The number of aromatic amines is 1. The third-order valence-electron chi connectivity index (χ3n) is 4.83. The van der Waals surface area contributed by atoms with Gasteiger partial charge in [0.2, 0.25) is 5.88 Å². The number of pyridine rings is 1. The summed E-state index contributed by atoms with van der Waals surface area (Å²) in [5, 5.41) is 9.13. The van der Waals surface area contributed by atoms with E-state index in [-0.39, 0.29) is 11.9 Å². The fourth-order valence-corrected chi connectivity index (χ4v) is 4.26. The first kappa shape index (κ1) is 19.0. The molecule has 1 atom stereocenters. The lowest BCUT2D eigenvalue weighted by Gasteiger charge is -2.17. The van der Waals surface area contributed by atoms with E-state index in [0.29, 0.717) is 19.0 Å². The van der Waals surface area contributed by atoms with Gasteiger partial charge in [-0.15, -0.1) is 11.3 Å². The number of nitrogens with zero attached hydrogens (tertiary/aromatic N) is 1. The molecule has 0 spiro atoms. The molecule has 6 nitrogen and oxygen atoms in total. The van der Waals surface area contributed by atoms with Crippen LogP contribution in [-0.2, 0) is 6.54 Å². The van der Waals surface area contributed by atoms with Crippen molar-refractivity contribution in [3.63, 3.8) is 0 Å². The maximum absolute atomic E-state index is 12.4. The Morgan fingerprint density at radius 2 is 2.07 bits per heavy atom. The van der Waals surface area contributed by atoms with E-state index < -0.39 is 0 Å². The first-order chi connectivity index (χ1) is 14.3. The SMILES string of the molecule is COc1ncccc1CNC(=O)NC[C@@H](c1cccs1)c1c[nH]c2ccccc12. The average Bonchev–Trinajstić information content (AvgIpc) is 3.43. The van der Waals surface area contributed by atoms with Gasteiger partial charge in [-0.2, -0.15) is 0 Å². The monoisotopic (exact) mass is 406 g/mol. The molecule has 0 bridgehead atoms. The van der Waals surface area contributed by atoms with Crippen LogP contribution in [-0.4, -0.2) is 29.7 Å². The van der Waals surface area contributed by atoms with Crippen LogP contribution in [0.5, 0.6) is 5.88 Å². The smallest absolute Gasteiger partial charge is 0.315 e. The Kier molecular flexibility index (Phi) is 5.76. The molecule has 3 aromatic heterocycles. The average molecular weight is 407 g/mol. The van der Waals surface area contributed by atoms with Gasteiger partial charge in [-0.05, 0) is 29.1 Å².